The second-order valence-corrected chi connectivity index (χ2v) is 8.87. The van der Waals surface area contributed by atoms with Crippen molar-refractivity contribution in [3.05, 3.63) is 29.8 Å². The fourth-order valence-electron chi connectivity index (χ4n) is 3.57. The third-order valence-corrected chi connectivity index (χ3v) is 6.78. The number of hydrogen-bond donors (Lipinski definition) is 0. The molecule has 0 N–H and O–H groups in total. The van der Waals surface area contributed by atoms with Crippen LogP contribution in [0.2, 0.25) is 0 Å². The zero-order chi connectivity index (χ0) is 18.4. The molecule has 5 nitrogen and oxygen atoms in total. The van der Waals surface area contributed by atoms with Crippen LogP contribution in [-0.2, 0) is 14.6 Å². The summed E-state index contributed by atoms with van der Waals surface area (Å²) in [6.07, 6.45) is 4.60. The quantitative estimate of drug-likeness (QED) is 0.743. The molecule has 0 aromatic heterocycles. The van der Waals surface area contributed by atoms with E-state index in [9.17, 15) is 13.2 Å². The Balaban J connectivity index is 2.16. The minimum Gasteiger partial charge on any atom is -0.384 e. The van der Waals surface area contributed by atoms with E-state index in [0.29, 0.717) is 18.0 Å². The van der Waals surface area contributed by atoms with Crippen molar-refractivity contribution in [2.75, 3.05) is 26.0 Å². The van der Waals surface area contributed by atoms with Gasteiger partial charge in [-0.05, 0) is 49.9 Å². The summed E-state index contributed by atoms with van der Waals surface area (Å²) in [4.78, 5) is 15.1. The van der Waals surface area contributed by atoms with E-state index in [1.54, 1.807) is 12.1 Å². The second-order valence-electron chi connectivity index (χ2n) is 6.76. The van der Waals surface area contributed by atoms with Crippen LogP contribution in [-0.4, -0.2) is 51.3 Å². The lowest BCUT2D eigenvalue weighted by Gasteiger charge is -2.38. The topological polar surface area (TPSA) is 63.7 Å². The summed E-state index contributed by atoms with van der Waals surface area (Å²) in [5.74, 6) is 0.436. The number of rotatable bonds is 7. The van der Waals surface area contributed by atoms with E-state index >= 15 is 0 Å². The van der Waals surface area contributed by atoms with E-state index in [4.69, 9.17) is 4.74 Å². The third-order valence-electron chi connectivity index (χ3n) is 5.08. The average Bonchev–Trinajstić information content (AvgIpc) is 2.62. The molecule has 0 heterocycles. The molecule has 1 fully saturated rings. The van der Waals surface area contributed by atoms with Gasteiger partial charge in [-0.2, -0.15) is 0 Å². The van der Waals surface area contributed by atoms with Crippen LogP contribution >= 0.6 is 0 Å². The lowest BCUT2D eigenvalue weighted by atomic mass is 9.84. The molecule has 1 aliphatic rings. The number of sulfone groups is 1. The fraction of sp³-hybridized carbons (Fsp3) is 0.632. The van der Waals surface area contributed by atoms with Crippen LogP contribution in [0.4, 0.5) is 0 Å². The molecule has 1 saturated carbocycles. The molecule has 0 unspecified atom stereocenters. The van der Waals surface area contributed by atoms with E-state index in [1.165, 1.54) is 25.7 Å². The molecular formula is C19H29NO4S. The van der Waals surface area contributed by atoms with Crippen LogP contribution in [0.15, 0.2) is 29.2 Å². The number of benzene rings is 1. The molecule has 0 radical (unpaired) electrons. The van der Waals surface area contributed by atoms with E-state index in [1.807, 2.05) is 11.8 Å². The predicted octanol–water partition coefficient (Wildman–Crippen LogP) is 3.15. The second kappa shape index (κ2) is 8.81. The van der Waals surface area contributed by atoms with Gasteiger partial charge in [-0.15, -0.1) is 0 Å². The number of carbonyl (C=O) groups is 1. The van der Waals surface area contributed by atoms with Crippen LogP contribution in [0, 0.1) is 5.92 Å². The van der Waals surface area contributed by atoms with Crippen molar-refractivity contribution in [1.29, 1.82) is 0 Å². The van der Waals surface area contributed by atoms with Crippen molar-refractivity contribution in [2.24, 2.45) is 5.92 Å². The van der Waals surface area contributed by atoms with Crippen molar-refractivity contribution >= 4 is 15.7 Å². The molecule has 6 heteroatoms. The Morgan fingerprint density at radius 2 is 1.84 bits per heavy atom. The largest absolute Gasteiger partial charge is 0.384 e. The number of carbonyl (C=O) groups excluding carboxylic acids is 1. The lowest BCUT2D eigenvalue weighted by molar-refractivity contribution is 0.0569. The Morgan fingerprint density at radius 3 is 2.40 bits per heavy atom. The molecule has 1 aromatic carbocycles. The van der Waals surface area contributed by atoms with Crippen LogP contribution in [0.3, 0.4) is 0 Å². The van der Waals surface area contributed by atoms with Gasteiger partial charge in [-0.1, -0.05) is 19.8 Å². The van der Waals surface area contributed by atoms with Gasteiger partial charge < -0.3 is 9.64 Å². The number of nitrogens with zero attached hydrogens (tertiary/aromatic N) is 1. The van der Waals surface area contributed by atoms with Crippen molar-refractivity contribution in [1.82, 2.24) is 4.90 Å². The summed E-state index contributed by atoms with van der Waals surface area (Å²) in [5.41, 5.74) is 0.547. The number of amides is 1. The van der Waals surface area contributed by atoms with Gasteiger partial charge >= 0.3 is 0 Å². The average molecular weight is 368 g/mol. The van der Waals surface area contributed by atoms with Gasteiger partial charge in [0.15, 0.2) is 9.84 Å². The first kappa shape index (κ1) is 19.9. The Kier molecular flexibility index (Phi) is 7.02. The molecule has 1 amide bonds. The van der Waals surface area contributed by atoms with Crippen molar-refractivity contribution < 1.29 is 17.9 Å². The van der Waals surface area contributed by atoms with E-state index in [2.05, 4.69) is 6.92 Å². The lowest BCUT2D eigenvalue weighted by Crippen LogP contribution is -2.45. The number of hydrogen-bond acceptors (Lipinski definition) is 4. The Hall–Kier alpha value is -1.40. The molecule has 0 aliphatic heterocycles. The minimum absolute atomic E-state index is 0.0120. The van der Waals surface area contributed by atoms with Gasteiger partial charge in [-0.3, -0.25) is 4.79 Å². The van der Waals surface area contributed by atoms with E-state index < -0.39 is 9.84 Å². The molecule has 140 valence electrons. The fourth-order valence-corrected chi connectivity index (χ4v) is 4.74. The molecule has 1 aliphatic carbocycles. The smallest absolute Gasteiger partial charge is 0.254 e. The maximum Gasteiger partial charge on any atom is 0.254 e. The zero-order valence-corrected chi connectivity index (χ0v) is 16.2. The highest BCUT2D eigenvalue weighted by Crippen LogP contribution is 2.29. The molecule has 25 heavy (non-hydrogen) atoms. The summed E-state index contributed by atoms with van der Waals surface area (Å²) in [5, 5.41) is 0. The van der Waals surface area contributed by atoms with Crippen molar-refractivity contribution in [3.8, 4) is 0 Å². The van der Waals surface area contributed by atoms with Gasteiger partial charge in [0.05, 0.1) is 17.3 Å². The summed E-state index contributed by atoms with van der Waals surface area (Å²) >= 11 is 0. The summed E-state index contributed by atoms with van der Waals surface area (Å²) in [7, 11) is -1.89. The SMILES string of the molecule is CCN(C(=O)c1ccc(S(=O)(=O)CCOC)cc1)[C@@H]1CCCC[C@@H]1C. The van der Waals surface area contributed by atoms with E-state index in [-0.39, 0.29) is 29.2 Å². The Morgan fingerprint density at radius 1 is 1.20 bits per heavy atom. The first-order chi connectivity index (χ1) is 11.9. The van der Waals surface area contributed by atoms with Crippen LogP contribution in [0.25, 0.3) is 0 Å². The third kappa shape index (κ3) is 4.82. The molecular weight excluding hydrogens is 338 g/mol. The van der Waals surface area contributed by atoms with Gasteiger partial charge in [0.2, 0.25) is 0 Å². The summed E-state index contributed by atoms with van der Waals surface area (Å²) < 4.78 is 29.2. The van der Waals surface area contributed by atoms with Crippen LogP contribution < -0.4 is 0 Å². The van der Waals surface area contributed by atoms with Gasteiger partial charge in [0.1, 0.15) is 0 Å². The highest BCUT2D eigenvalue weighted by molar-refractivity contribution is 7.91. The maximum absolute atomic E-state index is 12.9. The van der Waals surface area contributed by atoms with Crippen molar-refractivity contribution in [2.45, 2.75) is 50.5 Å². The molecule has 2 rings (SSSR count). The maximum atomic E-state index is 12.9. The summed E-state index contributed by atoms with van der Waals surface area (Å²) in [6.45, 7) is 5.04. The van der Waals surface area contributed by atoms with Crippen molar-refractivity contribution in [3.63, 3.8) is 0 Å². The predicted molar refractivity (Wildman–Crippen MR) is 98.5 cm³/mol. The molecule has 1 aromatic rings. The summed E-state index contributed by atoms with van der Waals surface area (Å²) in [6, 6.07) is 6.57. The van der Waals surface area contributed by atoms with Gasteiger partial charge in [0.25, 0.3) is 5.91 Å². The molecule has 0 saturated heterocycles. The Bertz CT molecular complexity index is 669. The highest BCUT2D eigenvalue weighted by atomic mass is 32.2. The van der Waals surface area contributed by atoms with Crippen LogP contribution in [0.1, 0.15) is 49.9 Å². The standard InChI is InChI=1S/C19H29NO4S/c1-4-20(18-8-6-5-7-15(18)2)19(21)16-9-11-17(12-10-16)25(22,23)14-13-24-3/h9-12,15,18H,4-8,13-14H2,1-3H3/t15-,18+/m0/s1. The van der Waals surface area contributed by atoms with Gasteiger partial charge in [-0.25, -0.2) is 8.42 Å². The number of methoxy groups -OCH3 is 1. The van der Waals surface area contributed by atoms with Crippen LogP contribution in [0.5, 0.6) is 0 Å². The monoisotopic (exact) mass is 367 g/mol. The van der Waals surface area contributed by atoms with E-state index in [0.717, 1.165) is 19.3 Å². The normalized spacial score (nSPS) is 21.1. The highest BCUT2D eigenvalue weighted by Gasteiger charge is 2.30. The number of ether oxygens (including phenoxy) is 1. The zero-order valence-electron chi connectivity index (χ0n) is 15.4. The minimum atomic E-state index is -3.37. The molecule has 2 atom stereocenters. The first-order valence-electron chi connectivity index (χ1n) is 9.03. The first-order valence-corrected chi connectivity index (χ1v) is 10.7. The van der Waals surface area contributed by atoms with Gasteiger partial charge in [0, 0.05) is 25.3 Å². The molecule has 0 bridgehead atoms. The Labute approximate surface area is 151 Å². The molecule has 0 spiro atoms.